The molecule has 0 aliphatic rings. The maximum atomic E-state index is 11.6. The van der Waals surface area contributed by atoms with E-state index in [1.54, 1.807) is 0 Å². The molecule has 0 N–H and O–H groups in total. The number of hydrogen-bond donors (Lipinski definition) is 0. The zero-order valence-electron chi connectivity index (χ0n) is 5.09. The van der Waals surface area contributed by atoms with Crippen LogP contribution in [0.15, 0.2) is 17.2 Å². The third-order valence-electron chi connectivity index (χ3n) is 0.727. The minimum absolute atomic E-state index is 0.170. The largest absolute Gasteiger partial charge is 0.447 e. The van der Waals surface area contributed by atoms with Crippen molar-refractivity contribution in [3.8, 4) is 0 Å². The fourth-order valence-electron chi connectivity index (χ4n) is 0.426. The zero-order valence-corrected chi connectivity index (χ0v) is 5.91. The van der Waals surface area contributed by atoms with E-state index in [0.717, 1.165) is 0 Å². The van der Waals surface area contributed by atoms with E-state index >= 15 is 0 Å². The lowest BCUT2D eigenvalue weighted by molar-refractivity contribution is -0.0329. The van der Waals surface area contributed by atoms with Gasteiger partial charge in [0.15, 0.2) is 0 Å². The molecule has 59 valence electrons. The average molecular weight is 179 g/mol. The van der Waals surface area contributed by atoms with Crippen LogP contribution >= 0.6 is 11.8 Å². The molecule has 1 radical (unpaired) electrons. The Balaban J connectivity index is 2.66. The van der Waals surface area contributed by atoms with Gasteiger partial charge in [0.05, 0.1) is 0 Å². The Morgan fingerprint density at radius 3 is 2.64 bits per heavy atom. The first kappa shape index (κ1) is 8.32. The van der Waals surface area contributed by atoms with Crippen LogP contribution in [0.1, 0.15) is 0 Å². The Hall–Kier alpha value is -0.780. The van der Waals surface area contributed by atoms with E-state index in [-0.39, 0.29) is 16.8 Å². The van der Waals surface area contributed by atoms with Crippen LogP contribution < -0.4 is 0 Å². The van der Waals surface area contributed by atoms with E-state index in [1.807, 2.05) is 0 Å². The summed E-state index contributed by atoms with van der Waals surface area (Å²) in [4.78, 5) is 0. The molecule has 1 rings (SSSR count). The summed E-state index contributed by atoms with van der Waals surface area (Å²) in [5.41, 5.74) is -4.30. The van der Waals surface area contributed by atoms with Crippen molar-refractivity contribution in [2.75, 3.05) is 0 Å². The molecular weight excluding hydrogens is 177 g/mol. The standard InChI is InChI=1S/C5H2F3N2S/c6-5(7,8)11-4-2-1-3-9-10-4/h1-2H. The van der Waals surface area contributed by atoms with E-state index < -0.39 is 5.51 Å². The van der Waals surface area contributed by atoms with Crippen LogP contribution in [0, 0.1) is 6.20 Å². The summed E-state index contributed by atoms with van der Waals surface area (Å²) in [6.07, 6.45) is 2.28. The molecule has 0 atom stereocenters. The lowest BCUT2D eigenvalue weighted by atomic mass is 10.6. The van der Waals surface area contributed by atoms with Gasteiger partial charge in [-0.3, -0.25) is 0 Å². The first-order chi connectivity index (χ1) is 5.08. The Morgan fingerprint density at radius 1 is 1.45 bits per heavy atom. The molecule has 0 saturated carbocycles. The molecule has 6 heteroatoms. The summed E-state index contributed by atoms with van der Waals surface area (Å²) >= 11 is -0.293. The van der Waals surface area contributed by atoms with Crippen molar-refractivity contribution >= 4 is 11.8 Å². The van der Waals surface area contributed by atoms with Crippen LogP contribution in [0.5, 0.6) is 0 Å². The SMILES string of the molecule is FC(F)(F)Sc1cc[c]nn1. The monoisotopic (exact) mass is 179 g/mol. The van der Waals surface area contributed by atoms with Crippen molar-refractivity contribution < 1.29 is 13.2 Å². The van der Waals surface area contributed by atoms with Crippen molar-refractivity contribution in [1.29, 1.82) is 0 Å². The van der Waals surface area contributed by atoms with Gasteiger partial charge in [0.2, 0.25) is 0 Å². The smallest absolute Gasteiger partial charge is 0.160 e. The Bertz CT molecular complexity index is 223. The molecule has 1 aromatic rings. The Morgan fingerprint density at radius 2 is 2.18 bits per heavy atom. The molecule has 0 bridgehead atoms. The molecule has 0 aliphatic carbocycles. The first-order valence-corrected chi connectivity index (χ1v) is 3.35. The molecule has 1 heterocycles. The van der Waals surface area contributed by atoms with E-state index in [9.17, 15) is 13.2 Å². The fourth-order valence-corrected chi connectivity index (χ4v) is 0.881. The lowest BCUT2D eigenvalue weighted by Gasteiger charge is -2.01. The van der Waals surface area contributed by atoms with Gasteiger partial charge in [-0.05, 0) is 12.1 Å². The second kappa shape index (κ2) is 3.08. The van der Waals surface area contributed by atoms with Gasteiger partial charge in [-0.25, -0.2) is 0 Å². The quantitative estimate of drug-likeness (QED) is 0.615. The molecule has 0 unspecified atom stereocenters. The van der Waals surface area contributed by atoms with Crippen molar-refractivity contribution in [3.05, 3.63) is 18.3 Å². The summed E-state index contributed by atoms with van der Waals surface area (Å²) in [6.45, 7) is 0. The minimum Gasteiger partial charge on any atom is -0.160 e. The van der Waals surface area contributed by atoms with Crippen molar-refractivity contribution in [1.82, 2.24) is 10.2 Å². The van der Waals surface area contributed by atoms with Gasteiger partial charge in [0.1, 0.15) is 11.2 Å². The van der Waals surface area contributed by atoms with Crippen LogP contribution in [-0.2, 0) is 0 Å². The summed E-state index contributed by atoms with van der Waals surface area (Å²) in [5.74, 6) is 0. The van der Waals surface area contributed by atoms with Gasteiger partial charge >= 0.3 is 5.51 Å². The zero-order chi connectivity index (χ0) is 8.32. The van der Waals surface area contributed by atoms with Crippen LogP contribution in [0.2, 0.25) is 0 Å². The Labute approximate surface area is 64.8 Å². The topological polar surface area (TPSA) is 25.8 Å². The number of halogens is 3. The number of hydrogen-bond acceptors (Lipinski definition) is 3. The normalized spacial score (nSPS) is 11.5. The van der Waals surface area contributed by atoms with Gasteiger partial charge < -0.3 is 0 Å². The van der Waals surface area contributed by atoms with Crippen molar-refractivity contribution in [3.63, 3.8) is 0 Å². The van der Waals surface area contributed by atoms with Gasteiger partial charge in [0, 0.05) is 11.8 Å². The van der Waals surface area contributed by atoms with Gasteiger partial charge in [-0.15, -0.1) is 10.2 Å². The highest BCUT2D eigenvalue weighted by atomic mass is 32.2. The van der Waals surface area contributed by atoms with Gasteiger partial charge in [-0.2, -0.15) is 13.2 Å². The average Bonchev–Trinajstić information content (AvgIpc) is 1.85. The van der Waals surface area contributed by atoms with E-state index in [4.69, 9.17) is 0 Å². The fraction of sp³-hybridized carbons (Fsp3) is 0.200. The molecule has 0 aromatic carbocycles. The molecule has 1 aromatic heterocycles. The van der Waals surface area contributed by atoms with E-state index in [0.29, 0.717) is 0 Å². The first-order valence-electron chi connectivity index (χ1n) is 2.53. The third kappa shape index (κ3) is 3.22. The third-order valence-corrected chi connectivity index (χ3v) is 1.39. The number of aromatic nitrogens is 2. The number of alkyl halides is 3. The van der Waals surface area contributed by atoms with Crippen LogP contribution in [0.3, 0.4) is 0 Å². The van der Waals surface area contributed by atoms with Gasteiger partial charge in [0.25, 0.3) is 0 Å². The van der Waals surface area contributed by atoms with Gasteiger partial charge in [-0.1, -0.05) is 0 Å². The summed E-state index contributed by atoms with van der Waals surface area (Å²) in [7, 11) is 0. The van der Waals surface area contributed by atoms with Crippen molar-refractivity contribution in [2.45, 2.75) is 10.5 Å². The molecular formula is C5H2F3N2S. The van der Waals surface area contributed by atoms with E-state index in [1.165, 1.54) is 12.1 Å². The molecule has 0 aliphatic heterocycles. The molecule has 0 spiro atoms. The van der Waals surface area contributed by atoms with Crippen LogP contribution in [0.4, 0.5) is 13.2 Å². The number of rotatable bonds is 1. The van der Waals surface area contributed by atoms with Crippen molar-refractivity contribution in [2.24, 2.45) is 0 Å². The number of nitrogens with zero attached hydrogens (tertiary/aromatic N) is 2. The highest BCUT2D eigenvalue weighted by Gasteiger charge is 2.29. The summed E-state index contributed by atoms with van der Waals surface area (Å²) < 4.78 is 34.9. The predicted molar refractivity (Wildman–Crippen MR) is 32.8 cm³/mol. The second-order valence-electron chi connectivity index (χ2n) is 1.55. The lowest BCUT2D eigenvalue weighted by Crippen LogP contribution is -2.00. The maximum Gasteiger partial charge on any atom is 0.447 e. The highest BCUT2D eigenvalue weighted by molar-refractivity contribution is 8.00. The predicted octanol–water partition coefficient (Wildman–Crippen LogP) is 1.89. The number of thioether (sulfide) groups is 1. The molecule has 0 amide bonds. The summed E-state index contributed by atoms with van der Waals surface area (Å²) in [5, 5.41) is 6.20. The van der Waals surface area contributed by atoms with E-state index in [2.05, 4.69) is 16.4 Å². The molecule has 11 heavy (non-hydrogen) atoms. The highest BCUT2D eigenvalue weighted by Crippen LogP contribution is 2.34. The molecule has 0 saturated heterocycles. The molecule has 0 fully saturated rings. The second-order valence-corrected chi connectivity index (χ2v) is 2.63. The van der Waals surface area contributed by atoms with Crippen LogP contribution in [-0.4, -0.2) is 15.7 Å². The minimum atomic E-state index is -4.30. The summed E-state index contributed by atoms with van der Waals surface area (Å²) in [6, 6.07) is 2.48. The Kier molecular flexibility index (Phi) is 2.33. The van der Waals surface area contributed by atoms with Crippen LogP contribution in [0.25, 0.3) is 0 Å². The maximum absolute atomic E-state index is 11.6. The molecule has 2 nitrogen and oxygen atoms in total.